The van der Waals surface area contributed by atoms with Crippen molar-refractivity contribution in [2.75, 3.05) is 13.2 Å². The van der Waals surface area contributed by atoms with Crippen LogP contribution in [0.3, 0.4) is 0 Å². The van der Waals surface area contributed by atoms with E-state index in [4.69, 9.17) is 4.74 Å². The van der Waals surface area contributed by atoms with Crippen LogP contribution >= 0.6 is 0 Å². The van der Waals surface area contributed by atoms with Gasteiger partial charge in [-0.1, -0.05) is 31.2 Å². The molecule has 0 aromatic heterocycles. The molecule has 0 unspecified atom stereocenters. The molecule has 0 spiro atoms. The molecule has 2 aromatic rings. The number of hydrogen-bond donors (Lipinski definition) is 1. The first-order valence-corrected chi connectivity index (χ1v) is 7.84. The van der Waals surface area contributed by atoms with Crippen molar-refractivity contribution in [1.29, 1.82) is 0 Å². The molecule has 3 rings (SSSR count). The summed E-state index contributed by atoms with van der Waals surface area (Å²) in [4.78, 5) is 0. The highest BCUT2D eigenvalue weighted by molar-refractivity contribution is 5.69. The molecule has 0 amide bonds. The third-order valence-corrected chi connectivity index (χ3v) is 4.05. The van der Waals surface area contributed by atoms with Crippen molar-refractivity contribution < 1.29 is 4.74 Å². The lowest BCUT2D eigenvalue weighted by Crippen LogP contribution is -2.13. The Hall–Kier alpha value is -1.80. The summed E-state index contributed by atoms with van der Waals surface area (Å²) in [5.41, 5.74) is 6.65. The Morgan fingerprint density at radius 3 is 2.86 bits per heavy atom. The molecule has 0 fully saturated rings. The van der Waals surface area contributed by atoms with Gasteiger partial charge < -0.3 is 10.1 Å². The smallest absolute Gasteiger partial charge is 0.122 e. The summed E-state index contributed by atoms with van der Waals surface area (Å²) in [6, 6.07) is 13.3. The molecule has 0 saturated carbocycles. The Balaban J connectivity index is 1.82. The first-order chi connectivity index (χ1) is 10.3. The zero-order valence-electron chi connectivity index (χ0n) is 12.9. The topological polar surface area (TPSA) is 21.3 Å². The van der Waals surface area contributed by atoms with Gasteiger partial charge in [-0.05, 0) is 59.8 Å². The summed E-state index contributed by atoms with van der Waals surface area (Å²) in [6.45, 7) is 7.24. The lowest BCUT2D eigenvalue weighted by molar-refractivity contribution is 0.357. The number of aryl methyl sites for hydroxylation is 1. The number of nitrogens with one attached hydrogen (secondary N) is 1. The fraction of sp³-hybridized carbons (Fsp3) is 0.368. The van der Waals surface area contributed by atoms with Gasteiger partial charge in [0.05, 0.1) is 6.61 Å². The minimum atomic E-state index is 0.819. The van der Waals surface area contributed by atoms with Crippen LogP contribution in [0.25, 0.3) is 11.1 Å². The van der Waals surface area contributed by atoms with E-state index in [2.05, 4.69) is 55.6 Å². The molecule has 2 nitrogen and oxygen atoms in total. The fourth-order valence-electron chi connectivity index (χ4n) is 2.92. The minimum absolute atomic E-state index is 0.819. The SMILES string of the molecule is CCCNCc1ccc(-c2ccc3c(c2)CCO3)c(C)c1. The van der Waals surface area contributed by atoms with E-state index in [0.717, 1.165) is 31.9 Å². The van der Waals surface area contributed by atoms with Gasteiger partial charge >= 0.3 is 0 Å². The summed E-state index contributed by atoms with van der Waals surface area (Å²) in [5, 5.41) is 3.46. The summed E-state index contributed by atoms with van der Waals surface area (Å²) in [6.07, 6.45) is 2.20. The number of rotatable bonds is 5. The van der Waals surface area contributed by atoms with Gasteiger partial charge in [0.25, 0.3) is 0 Å². The van der Waals surface area contributed by atoms with Gasteiger partial charge in [-0.2, -0.15) is 0 Å². The van der Waals surface area contributed by atoms with Crippen molar-refractivity contribution in [3.63, 3.8) is 0 Å². The Labute approximate surface area is 127 Å². The summed E-state index contributed by atoms with van der Waals surface area (Å²) in [7, 11) is 0. The van der Waals surface area contributed by atoms with E-state index in [1.54, 1.807) is 0 Å². The first kappa shape index (κ1) is 14.2. The molecule has 1 heterocycles. The molecule has 110 valence electrons. The lowest BCUT2D eigenvalue weighted by Gasteiger charge is -2.11. The predicted molar refractivity (Wildman–Crippen MR) is 87.8 cm³/mol. The molecule has 0 radical (unpaired) electrons. The fourth-order valence-corrected chi connectivity index (χ4v) is 2.92. The maximum atomic E-state index is 5.59. The van der Waals surface area contributed by atoms with Crippen molar-refractivity contribution in [2.45, 2.75) is 33.2 Å². The van der Waals surface area contributed by atoms with Crippen molar-refractivity contribution in [2.24, 2.45) is 0 Å². The van der Waals surface area contributed by atoms with E-state index in [0.29, 0.717) is 0 Å². The van der Waals surface area contributed by atoms with Gasteiger partial charge in [0.1, 0.15) is 5.75 Å². The van der Waals surface area contributed by atoms with Crippen LogP contribution in [0.15, 0.2) is 36.4 Å². The molecule has 21 heavy (non-hydrogen) atoms. The third-order valence-electron chi connectivity index (χ3n) is 4.05. The standard InChI is InChI=1S/C19H23NO/c1-3-9-20-13-15-4-6-18(14(2)11-15)16-5-7-19-17(12-16)8-10-21-19/h4-7,11-12,20H,3,8-10,13H2,1-2H3. The lowest BCUT2D eigenvalue weighted by atomic mass is 9.96. The van der Waals surface area contributed by atoms with E-state index in [9.17, 15) is 0 Å². The molecule has 0 saturated heterocycles. The first-order valence-electron chi connectivity index (χ1n) is 7.84. The molecule has 2 aromatic carbocycles. The average molecular weight is 281 g/mol. The van der Waals surface area contributed by atoms with Crippen molar-refractivity contribution >= 4 is 0 Å². The third kappa shape index (κ3) is 3.11. The van der Waals surface area contributed by atoms with Crippen LogP contribution < -0.4 is 10.1 Å². The number of ether oxygens (including phenoxy) is 1. The zero-order chi connectivity index (χ0) is 14.7. The van der Waals surface area contributed by atoms with E-state index in [1.165, 1.54) is 34.2 Å². The second-order valence-corrected chi connectivity index (χ2v) is 5.75. The maximum absolute atomic E-state index is 5.59. The predicted octanol–water partition coefficient (Wildman–Crippen LogP) is 4.10. The van der Waals surface area contributed by atoms with Gasteiger partial charge in [0, 0.05) is 13.0 Å². The molecule has 2 heteroatoms. The van der Waals surface area contributed by atoms with Crippen LogP contribution in [0.1, 0.15) is 30.0 Å². The monoisotopic (exact) mass is 281 g/mol. The molecule has 1 N–H and O–H groups in total. The van der Waals surface area contributed by atoms with Crippen LogP contribution in [0, 0.1) is 6.92 Å². The summed E-state index contributed by atoms with van der Waals surface area (Å²) >= 11 is 0. The van der Waals surface area contributed by atoms with Crippen LogP contribution in [-0.4, -0.2) is 13.2 Å². The van der Waals surface area contributed by atoms with Crippen molar-refractivity contribution in [3.05, 3.63) is 53.1 Å². The Morgan fingerprint density at radius 2 is 2.05 bits per heavy atom. The van der Waals surface area contributed by atoms with Crippen LogP contribution in [0.2, 0.25) is 0 Å². The minimum Gasteiger partial charge on any atom is -0.493 e. The Bertz CT molecular complexity index is 633. The van der Waals surface area contributed by atoms with E-state index >= 15 is 0 Å². The Kier molecular flexibility index (Phi) is 4.26. The maximum Gasteiger partial charge on any atom is 0.122 e. The second-order valence-electron chi connectivity index (χ2n) is 5.75. The van der Waals surface area contributed by atoms with Gasteiger partial charge in [-0.15, -0.1) is 0 Å². The quantitative estimate of drug-likeness (QED) is 0.833. The highest BCUT2D eigenvalue weighted by Gasteiger charge is 2.13. The van der Waals surface area contributed by atoms with E-state index in [1.807, 2.05) is 0 Å². The number of benzene rings is 2. The van der Waals surface area contributed by atoms with Gasteiger partial charge in [0.2, 0.25) is 0 Å². The van der Waals surface area contributed by atoms with Crippen LogP contribution in [0.4, 0.5) is 0 Å². The number of hydrogen-bond acceptors (Lipinski definition) is 2. The zero-order valence-corrected chi connectivity index (χ0v) is 12.9. The molecule has 0 bridgehead atoms. The average Bonchev–Trinajstić information content (AvgIpc) is 2.95. The van der Waals surface area contributed by atoms with E-state index in [-0.39, 0.29) is 0 Å². The summed E-state index contributed by atoms with van der Waals surface area (Å²) < 4.78 is 5.59. The molecule has 1 aliphatic rings. The number of fused-ring (bicyclic) bond motifs is 1. The van der Waals surface area contributed by atoms with Gasteiger partial charge in [0.15, 0.2) is 0 Å². The molecule has 0 atom stereocenters. The molecule has 1 aliphatic heterocycles. The van der Waals surface area contributed by atoms with E-state index < -0.39 is 0 Å². The van der Waals surface area contributed by atoms with Crippen LogP contribution in [-0.2, 0) is 13.0 Å². The van der Waals surface area contributed by atoms with Gasteiger partial charge in [-0.25, -0.2) is 0 Å². The van der Waals surface area contributed by atoms with Crippen molar-refractivity contribution in [3.8, 4) is 16.9 Å². The molecule has 0 aliphatic carbocycles. The molecular formula is C19H23NO. The highest BCUT2D eigenvalue weighted by atomic mass is 16.5. The van der Waals surface area contributed by atoms with Crippen LogP contribution in [0.5, 0.6) is 5.75 Å². The Morgan fingerprint density at radius 1 is 1.14 bits per heavy atom. The molecular weight excluding hydrogens is 258 g/mol. The van der Waals surface area contributed by atoms with Gasteiger partial charge in [-0.3, -0.25) is 0 Å². The van der Waals surface area contributed by atoms with Crippen molar-refractivity contribution in [1.82, 2.24) is 5.32 Å². The second kappa shape index (κ2) is 6.31. The highest BCUT2D eigenvalue weighted by Crippen LogP contribution is 2.32. The largest absolute Gasteiger partial charge is 0.493 e. The normalized spacial score (nSPS) is 13.0. The summed E-state index contributed by atoms with van der Waals surface area (Å²) in [5.74, 6) is 1.05.